The number of carbonyl (C=O) groups is 2. The van der Waals surface area contributed by atoms with Crippen LogP contribution in [0.15, 0.2) is 60.7 Å². The lowest BCUT2D eigenvalue weighted by atomic mass is 10.1. The molecule has 0 radical (unpaired) electrons. The van der Waals surface area contributed by atoms with Crippen LogP contribution in [0.3, 0.4) is 0 Å². The summed E-state index contributed by atoms with van der Waals surface area (Å²) in [5, 5.41) is 3.06. The molecule has 1 N–H and O–H groups in total. The number of anilines is 1. The van der Waals surface area contributed by atoms with Crippen LogP contribution in [-0.4, -0.2) is 74.0 Å². The molecule has 2 saturated heterocycles. The molecule has 2 heterocycles. The van der Waals surface area contributed by atoms with E-state index in [-0.39, 0.29) is 17.7 Å². The summed E-state index contributed by atoms with van der Waals surface area (Å²) >= 11 is 0. The van der Waals surface area contributed by atoms with Gasteiger partial charge in [0.15, 0.2) is 0 Å². The third-order valence-electron chi connectivity index (χ3n) is 6.54. The molecule has 0 bridgehead atoms. The molecule has 0 spiro atoms. The van der Waals surface area contributed by atoms with Crippen molar-refractivity contribution in [2.75, 3.05) is 57.3 Å². The Labute approximate surface area is 191 Å². The van der Waals surface area contributed by atoms with Crippen molar-refractivity contribution in [2.24, 2.45) is 5.92 Å². The highest BCUT2D eigenvalue weighted by Crippen LogP contribution is 2.19. The van der Waals surface area contributed by atoms with Crippen LogP contribution < -0.4 is 10.2 Å². The number of hydrogen-bond acceptors (Lipinski definition) is 4. The van der Waals surface area contributed by atoms with E-state index in [0.29, 0.717) is 26.1 Å². The molecular weight excluding hydrogens is 400 g/mol. The highest BCUT2D eigenvalue weighted by molar-refractivity contribution is 5.89. The molecule has 6 nitrogen and oxygen atoms in total. The minimum absolute atomic E-state index is 0.0226. The number of para-hydroxylation sites is 1. The molecule has 2 aliphatic rings. The molecule has 1 atom stereocenters. The molecule has 32 heavy (non-hydrogen) atoms. The molecule has 0 aromatic heterocycles. The predicted octanol–water partition coefficient (Wildman–Crippen LogP) is 2.41. The molecule has 2 aromatic rings. The summed E-state index contributed by atoms with van der Waals surface area (Å²) in [6, 6.07) is 20.7. The summed E-state index contributed by atoms with van der Waals surface area (Å²) < 4.78 is 0. The second kappa shape index (κ2) is 11.1. The number of hydrogen-bond donors (Lipinski definition) is 1. The van der Waals surface area contributed by atoms with Crippen LogP contribution in [0.2, 0.25) is 0 Å². The molecule has 2 amide bonds. The second-order valence-corrected chi connectivity index (χ2v) is 8.79. The van der Waals surface area contributed by atoms with Crippen LogP contribution in [-0.2, 0) is 16.0 Å². The van der Waals surface area contributed by atoms with Crippen LogP contribution in [0.1, 0.15) is 18.4 Å². The van der Waals surface area contributed by atoms with Crippen molar-refractivity contribution in [3.8, 4) is 0 Å². The van der Waals surface area contributed by atoms with E-state index in [1.54, 1.807) is 0 Å². The van der Waals surface area contributed by atoms with Gasteiger partial charge in [-0.25, -0.2) is 0 Å². The number of rotatable bonds is 9. The van der Waals surface area contributed by atoms with Crippen molar-refractivity contribution in [2.45, 2.75) is 19.3 Å². The van der Waals surface area contributed by atoms with Crippen molar-refractivity contribution in [1.29, 1.82) is 0 Å². The Morgan fingerprint density at radius 1 is 0.906 bits per heavy atom. The summed E-state index contributed by atoms with van der Waals surface area (Å²) in [7, 11) is 0. The molecule has 2 aliphatic heterocycles. The molecule has 2 fully saturated rings. The Hall–Kier alpha value is -2.86. The van der Waals surface area contributed by atoms with E-state index >= 15 is 0 Å². The lowest BCUT2D eigenvalue weighted by Gasteiger charge is -2.36. The van der Waals surface area contributed by atoms with Crippen molar-refractivity contribution in [1.82, 2.24) is 15.1 Å². The SMILES string of the molecule is O=C(NCCCN1CCN(c2ccccc2)CC1)[C@@H]1CC(=O)N(CCc2ccccc2)C1. The van der Waals surface area contributed by atoms with Crippen molar-refractivity contribution >= 4 is 17.5 Å². The van der Waals surface area contributed by atoms with E-state index in [1.807, 2.05) is 23.1 Å². The van der Waals surface area contributed by atoms with Crippen LogP contribution >= 0.6 is 0 Å². The monoisotopic (exact) mass is 434 g/mol. The molecule has 0 unspecified atom stereocenters. The molecule has 0 aliphatic carbocycles. The first-order valence-electron chi connectivity index (χ1n) is 11.8. The number of nitrogens with zero attached hydrogens (tertiary/aromatic N) is 3. The maximum absolute atomic E-state index is 12.6. The van der Waals surface area contributed by atoms with Crippen LogP contribution in [0.25, 0.3) is 0 Å². The molecular formula is C26H34N4O2. The van der Waals surface area contributed by atoms with E-state index in [0.717, 1.165) is 45.6 Å². The minimum Gasteiger partial charge on any atom is -0.369 e. The third-order valence-corrected chi connectivity index (χ3v) is 6.54. The summed E-state index contributed by atoms with van der Waals surface area (Å²) in [5.74, 6) is -0.0977. The first kappa shape index (κ1) is 22.3. The zero-order valence-corrected chi connectivity index (χ0v) is 18.8. The standard InChI is InChI=1S/C26H34N4O2/c31-25-20-23(21-30(25)15-12-22-8-3-1-4-9-22)26(32)27-13-7-14-28-16-18-29(19-17-28)24-10-5-2-6-11-24/h1-6,8-11,23H,7,12-21H2,(H,27,32)/t23-/m1/s1. The molecule has 6 heteroatoms. The molecule has 170 valence electrons. The van der Waals surface area contributed by atoms with Gasteiger partial charge in [0.05, 0.1) is 5.92 Å². The van der Waals surface area contributed by atoms with Crippen molar-refractivity contribution in [3.63, 3.8) is 0 Å². The van der Waals surface area contributed by atoms with Gasteiger partial charge >= 0.3 is 0 Å². The normalized spacial score (nSPS) is 19.4. The first-order chi connectivity index (χ1) is 15.7. The number of amides is 2. The Kier molecular flexibility index (Phi) is 7.77. The highest BCUT2D eigenvalue weighted by atomic mass is 16.2. The summed E-state index contributed by atoms with van der Waals surface area (Å²) in [5.41, 5.74) is 2.51. The number of likely N-dealkylation sites (tertiary alicyclic amines) is 1. The van der Waals surface area contributed by atoms with Gasteiger partial charge in [0, 0.05) is 57.9 Å². The van der Waals surface area contributed by atoms with Gasteiger partial charge in [-0.1, -0.05) is 48.5 Å². The van der Waals surface area contributed by atoms with E-state index in [4.69, 9.17) is 0 Å². The zero-order chi connectivity index (χ0) is 22.2. The van der Waals surface area contributed by atoms with Gasteiger partial charge in [0.2, 0.25) is 11.8 Å². The van der Waals surface area contributed by atoms with Gasteiger partial charge in [-0.2, -0.15) is 0 Å². The smallest absolute Gasteiger partial charge is 0.225 e. The summed E-state index contributed by atoms with van der Waals surface area (Å²) in [6.45, 7) is 7.08. The fourth-order valence-electron chi connectivity index (χ4n) is 4.60. The van der Waals surface area contributed by atoms with E-state index in [2.05, 4.69) is 57.6 Å². The number of benzene rings is 2. The van der Waals surface area contributed by atoms with Crippen LogP contribution in [0.5, 0.6) is 0 Å². The molecule has 2 aromatic carbocycles. The predicted molar refractivity (Wildman–Crippen MR) is 128 cm³/mol. The van der Waals surface area contributed by atoms with Gasteiger partial charge < -0.3 is 15.1 Å². The van der Waals surface area contributed by atoms with Gasteiger partial charge in [-0.05, 0) is 37.1 Å². The molecule has 4 rings (SSSR count). The maximum atomic E-state index is 12.6. The Morgan fingerprint density at radius 2 is 1.59 bits per heavy atom. The fraction of sp³-hybridized carbons (Fsp3) is 0.462. The largest absolute Gasteiger partial charge is 0.369 e. The average Bonchev–Trinajstić information content (AvgIpc) is 3.22. The Bertz CT molecular complexity index is 866. The maximum Gasteiger partial charge on any atom is 0.225 e. The van der Waals surface area contributed by atoms with Crippen molar-refractivity contribution < 1.29 is 9.59 Å². The second-order valence-electron chi connectivity index (χ2n) is 8.79. The third kappa shape index (κ3) is 6.10. The Balaban J connectivity index is 1.10. The van der Waals surface area contributed by atoms with Gasteiger partial charge in [-0.15, -0.1) is 0 Å². The van der Waals surface area contributed by atoms with Crippen LogP contribution in [0, 0.1) is 5.92 Å². The fourth-order valence-corrected chi connectivity index (χ4v) is 4.60. The van der Waals surface area contributed by atoms with Gasteiger partial charge in [-0.3, -0.25) is 14.5 Å². The van der Waals surface area contributed by atoms with Gasteiger partial charge in [0.1, 0.15) is 0 Å². The lowest BCUT2D eigenvalue weighted by molar-refractivity contribution is -0.129. The number of carbonyl (C=O) groups excluding carboxylic acids is 2. The lowest BCUT2D eigenvalue weighted by Crippen LogP contribution is -2.47. The van der Waals surface area contributed by atoms with E-state index < -0.39 is 0 Å². The topological polar surface area (TPSA) is 55.9 Å². The average molecular weight is 435 g/mol. The quantitative estimate of drug-likeness (QED) is 0.616. The number of nitrogens with one attached hydrogen (secondary N) is 1. The highest BCUT2D eigenvalue weighted by Gasteiger charge is 2.33. The zero-order valence-electron chi connectivity index (χ0n) is 18.8. The van der Waals surface area contributed by atoms with E-state index in [1.165, 1.54) is 11.3 Å². The summed E-state index contributed by atoms with van der Waals surface area (Å²) in [4.78, 5) is 31.6. The first-order valence-corrected chi connectivity index (χ1v) is 11.8. The van der Waals surface area contributed by atoms with Crippen molar-refractivity contribution in [3.05, 3.63) is 66.2 Å². The van der Waals surface area contributed by atoms with E-state index in [9.17, 15) is 9.59 Å². The minimum atomic E-state index is -0.215. The molecule has 0 saturated carbocycles. The Morgan fingerprint density at radius 3 is 2.31 bits per heavy atom. The number of piperazine rings is 1. The van der Waals surface area contributed by atoms with Gasteiger partial charge in [0.25, 0.3) is 0 Å². The summed E-state index contributed by atoms with van der Waals surface area (Å²) in [6.07, 6.45) is 2.11. The van der Waals surface area contributed by atoms with Crippen LogP contribution in [0.4, 0.5) is 5.69 Å².